The molecular weight excluding hydrogens is 138 g/mol. The number of rotatable bonds is 6. The lowest BCUT2D eigenvalue weighted by atomic mass is 10.0. The zero-order chi connectivity index (χ0) is 8.69. The molecule has 6 N–H and O–H groups in total. The molecule has 0 heterocycles. The van der Waals surface area contributed by atoms with Crippen molar-refractivity contribution >= 4 is 0 Å². The van der Waals surface area contributed by atoms with Crippen molar-refractivity contribution in [2.75, 3.05) is 6.54 Å². The van der Waals surface area contributed by atoms with Gasteiger partial charge in [-0.1, -0.05) is 13.3 Å². The summed E-state index contributed by atoms with van der Waals surface area (Å²) in [6, 6.07) is 0.319. The van der Waals surface area contributed by atoms with E-state index in [4.69, 9.17) is 17.2 Å². The summed E-state index contributed by atoms with van der Waals surface area (Å²) < 4.78 is 0. The molecule has 0 saturated heterocycles. The van der Waals surface area contributed by atoms with Crippen LogP contribution in [0.2, 0.25) is 0 Å². The van der Waals surface area contributed by atoms with Crippen molar-refractivity contribution in [1.82, 2.24) is 0 Å². The smallest absolute Gasteiger partial charge is 0.0192 e. The Morgan fingerprint density at radius 3 is 2.18 bits per heavy atom. The van der Waals surface area contributed by atoms with Gasteiger partial charge in [0.05, 0.1) is 0 Å². The molecular formula is C8H21N3. The van der Waals surface area contributed by atoms with Gasteiger partial charge in [-0.05, 0) is 25.8 Å². The highest BCUT2D eigenvalue weighted by molar-refractivity contribution is 4.73. The van der Waals surface area contributed by atoms with E-state index in [2.05, 4.69) is 6.92 Å². The number of hydrogen-bond acceptors (Lipinski definition) is 3. The van der Waals surface area contributed by atoms with Gasteiger partial charge in [0.15, 0.2) is 0 Å². The van der Waals surface area contributed by atoms with E-state index in [1.807, 2.05) is 0 Å². The Labute approximate surface area is 69.3 Å². The molecule has 3 nitrogen and oxygen atoms in total. The Morgan fingerprint density at radius 1 is 1.09 bits per heavy atom. The molecule has 0 amide bonds. The number of unbranched alkanes of at least 4 members (excludes halogenated alkanes) is 1. The van der Waals surface area contributed by atoms with E-state index < -0.39 is 0 Å². The lowest BCUT2D eigenvalue weighted by Crippen LogP contribution is -2.40. The first kappa shape index (κ1) is 10.9. The van der Waals surface area contributed by atoms with Gasteiger partial charge in [-0.15, -0.1) is 0 Å². The average Bonchev–Trinajstić information content (AvgIpc) is 2.03. The highest BCUT2D eigenvalue weighted by atomic mass is 14.8. The lowest BCUT2D eigenvalue weighted by Gasteiger charge is -2.17. The molecule has 0 rings (SSSR count). The van der Waals surface area contributed by atoms with Gasteiger partial charge in [-0.2, -0.15) is 0 Å². The zero-order valence-electron chi connectivity index (χ0n) is 7.42. The zero-order valence-corrected chi connectivity index (χ0v) is 7.42. The molecule has 0 saturated carbocycles. The van der Waals surface area contributed by atoms with Crippen molar-refractivity contribution in [3.63, 3.8) is 0 Å². The minimum atomic E-state index is 0.159. The summed E-state index contributed by atoms with van der Waals surface area (Å²) >= 11 is 0. The molecule has 2 atom stereocenters. The predicted octanol–water partition coefficient (Wildman–Crippen LogP) is 0.180. The normalized spacial score (nSPS) is 16.4. The third-order valence-corrected chi connectivity index (χ3v) is 2.01. The van der Waals surface area contributed by atoms with Gasteiger partial charge >= 0.3 is 0 Å². The second kappa shape index (κ2) is 6.58. The topological polar surface area (TPSA) is 78.1 Å². The highest BCUT2D eigenvalue weighted by Crippen LogP contribution is 2.02. The van der Waals surface area contributed by atoms with Gasteiger partial charge in [-0.3, -0.25) is 0 Å². The lowest BCUT2D eigenvalue weighted by molar-refractivity contribution is 0.466. The summed E-state index contributed by atoms with van der Waals surface area (Å²) in [5.74, 6) is 0. The van der Waals surface area contributed by atoms with Gasteiger partial charge in [-0.25, -0.2) is 0 Å². The van der Waals surface area contributed by atoms with Crippen molar-refractivity contribution in [2.45, 2.75) is 44.7 Å². The second-order valence-electron chi connectivity index (χ2n) is 3.02. The maximum atomic E-state index is 5.80. The average molecular weight is 159 g/mol. The van der Waals surface area contributed by atoms with Crippen molar-refractivity contribution in [1.29, 1.82) is 0 Å². The molecule has 0 fully saturated rings. The minimum Gasteiger partial charge on any atom is -0.330 e. The Kier molecular flexibility index (Phi) is 6.51. The van der Waals surface area contributed by atoms with Gasteiger partial charge in [0.25, 0.3) is 0 Å². The van der Waals surface area contributed by atoms with Crippen LogP contribution in [0.5, 0.6) is 0 Å². The van der Waals surface area contributed by atoms with E-state index in [0.717, 1.165) is 32.2 Å². The highest BCUT2D eigenvalue weighted by Gasteiger charge is 2.09. The van der Waals surface area contributed by atoms with Crippen molar-refractivity contribution in [3.05, 3.63) is 0 Å². The van der Waals surface area contributed by atoms with Crippen LogP contribution in [0.15, 0.2) is 0 Å². The molecule has 3 heteroatoms. The van der Waals surface area contributed by atoms with Crippen LogP contribution in [0.3, 0.4) is 0 Å². The SMILES string of the molecule is CCC(N)C(N)CCCCN. The van der Waals surface area contributed by atoms with E-state index in [9.17, 15) is 0 Å². The molecule has 0 aromatic carbocycles. The van der Waals surface area contributed by atoms with Gasteiger partial charge in [0.1, 0.15) is 0 Å². The van der Waals surface area contributed by atoms with Crippen LogP contribution >= 0.6 is 0 Å². The van der Waals surface area contributed by atoms with Crippen LogP contribution < -0.4 is 17.2 Å². The van der Waals surface area contributed by atoms with Crippen LogP contribution in [-0.4, -0.2) is 18.6 Å². The first-order chi connectivity index (χ1) is 5.22. The van der Waals surface area contributed by atoms with Crippen molar-refractivity contribution < 1.29 is 0 Å². The molecule has 0 bridgehead atoms. The molecule has 0 aromatic rings. The van der Waals surface area contributed by atoms with Crippen molar-refractivity contribution in [3.8, 4) is 0 Å². The maximum absolute atomic E-state index is 5.80. The van der Waals surface area contributed by atoms with E-state index in [0.29, 0.717) is 0 Å². The first-order valence-electron chi connectivity index (χ1n) is 4.43. The van der Waals surface area contributed by atoms with E-state index in [1.165, 1.54) is 0 Å². The van der Waals surface area contributed by atoms with Crippen LogP contribution in [0.25, 0.3) is 0 Å². The van der Waals surface area contributed by atoms with Gasteiger partial charge in [0.2, 0.25) is 0 Å². The van der Waals surface area contributed by atoms with Gasteiger partial charge in [0, 0.05) is 12.1 Å². The van der Waals surface area contributed by atoms with E-state index in [-0.39, 0.29) is 12.1 Å². The fourth-order valence-electron chi connectivity index (χ4n) is 1.04. The van der Waals surface area contributed by atoms with Crippen LogP contribution in [0.4, 0.5) is 0 Å². The summed E-state index contributed by atoms with van der Waals surface area (Å²) in [6.07, 6.45) is 4.13. The third kappa shape index (κ3) is 5.18. The van der Waals surface area contributed by atoms with Gasteiger partial charge < -0.3 is 17.2 Å². The third-order valence-electron chi connectivity index (χ3n) is 2.01. The van der Waals surface area contributed by atoms with Crippen LogP contribution in [-0.2, 0) is 0 Å². The van der Waals surface area contributed by atoms with E-state index in [1.54, 1.807) is 0 Å². The van der Waals surface area contributed by atoms with Crippen LogP contribution in [0.1, 0.15) is 32.6 Å². The molecule has 2 unspecified atom stereocenters. The predicted molar refractivity (Wildman–Crippen MR) is 49.1 cm³/mol. The molecule has 0 aromatic heterocycles. The van der Waals surface area contributed by atoms with Crippen LogP contribution in [0, 0.1) is 0 Å². The standard InChI is InChI=1S/C8H21N3/c1-2-7(10)8(11)5-3-4-6-9/h7-8H,2-6,9-11H2,1H3. The Balaban J connectivity index is 3.28. The summed E-state index contributed by atoms with van der Waals surface area (Å²) in [7, 11) is 0. The maximum Gasteiger partial charge on any atom is 0.0192 e. The summed E-state index contributed by atoms with van der Waals surface area (Å²) in [5, 5.41) is 0. The summed E-state index contributed by atoms with van der Waals surface area (Å²) in [4.78, 5) is 0. The largest absolute Gasteiger partial charge is 0.330 e. The fourth-order valence-corrected chi connectivity index (χ4v) is 1.04. The fraction of sp³-hybridized carbons (Fsp3) is 1.00. The molecule has 0 spiro atoms. The monoisotopic (exact) mass is 159 g/mol. The summed E-state index contributed by atoms with van der Waals surface area (Å²) in [6.45, 7) is 2.82. The first-order valence-corrected chi connectivity index (χ1v) is 4.43. The van der Waals surface area contributed by atoms with E-state index >= 15 is 0 Å². The molecule has 0 aliphatic rings. The molecule has 11 heavy (non-hydrogen) atoms. The summed E-state index contributed by atoms with van der Waals surface area (Å²) in [5.41, 5.74) is 16.9. The van der Waals surface area contributed by atoms with Crippen molar-refractivity contribution in [2.24, 2.45) is 17.2 Å². The molecule has 0 aliphatic carbocycles. The second-order valence-corrected chi connectivity index (χ2v) is 3.02. The Bertz CT molecular complexity index is 85.4. The quantitative estimate of drug-likeness (QED) is 0.484. The Morgan fingerprint density at radius 2 is 1.73 bits per heavy atom. The minimum absolute atomic E-state index is 0.159. The molecule has 0 aliphatic heterocycles. The Hall–Kier alpha value is -0.120. The number of nitrogens with two attached hydrogens (primary N) is 3. The number of hydrogen-bond donors (Lipinski definition) is 3. The molecule has 68 valence electrons. The molecule has 0 radical (unpaired) electrons.